The fourth-order valence-corrected chi connectivity index (χ4v) is 6.61. The molecule has 0 heterocycles. The molecule has 0 aromatic heterocycles. The third-order valence-corrected chi connectivity index (χ3v) is 9.32. The van der Waals surface area contributed by atoms with E-state index in [0.29, 0.717) is 0 Å². The molecule has 50 heavy (non-hydrogen) atoms. The Balaban J connectivity index is 0.00000212. The molecule has 0 atom stereocenters. The molecular weight excluding hydrogens is 607 g/mol. The van der Waals surface area contributed by atoms with E-state index in [2.05, 4.69) is 167 Å². The second-order valence-corrected chi connectivity index (χ2v) is 12.8. The Hall–Kier alpha value is -5.90. The Morgan fingerprint density at radius 3 is 0.900 bits per heavy atom. The monoisotopic (exact) mass is 649 g/mol. The fraction of sp³-hybridized carbons (Fsp3) is 0.106. The van der Waals surface area contributed by atoms with Gasteiger partial charge in [-0.3, -0.25) is 10.8 Å². The van der Waals surface area contributed by atoms with Gasteiger partial charge in [0.05, 0.1) is 11.4 Å². The van der Waals surface area contributed by atoms with Crippen LogP contribution < -0.4 is 5.73 Å². The van der Waals surface area contributed by atoms with Crippen molar-refractivity contribution in [3.05, 3.63) is 179 Å². The second-order valence-electron chi connectivity index (χ2n) is 12.8. The molecule has 0 bridgehead atoms. The van der Waals surface area contributed by atoms with Crippen molar-refractivity contribution in [2.24, 2.45) is 5.73 Å². The molecular formula is C47H43N3. The van der Waals surface area contributed by atoms with Crippen molar-refractivity contribution in [1.82, 2.24) is 0 Å². The first-order chi connectivity index (χ1) is 24.3. The minimum Gasteiger partial charge on any atom is -0.333 e. The first kappa shape index (κ1) is 34.0. The number of benzene rings is 6. The molecule has 1 aliphatic carbocycles. The van der Waals surface area contributed by atoms with Gasteiger partial charge in [0.25, 0.3) is 0 Å². The normalized spacial score (nSPS) is 12.5. The summed E-state index contributed by atoms with van der Waals surface area (Å²) >= 11 is 0. The van der Waals surface area contributed by atoms with Crippen LogP contribution in [0, 0.1) is 38.5 Å². The highest BCUT2D eigenvalue weighted by Crippen LogP contribution is 2.43. The van der Waals surface area contributed by atoms with Crippen LogP contribution in [0.2, 0.25) is 0 Å². The van der Waals surface area contributed by atoms with E-state index in [9.17, 15) is 10.8 Å². The summed E-state index contributed by atoms with van der Waals surface area (Å²) in [4.78, 5) is 0. The van der Waals surface area contributed by atoms with Gasteiger partial charge in [0.1, 0.15) is 0 Å². The van der Waals surface area contributed by atoms with Gasteiger partial charge in [0.2, 0.25) is 0 Å². The molecule has 6 aromatic rings. The van der Waals surface area contributed by atoms with Crippen LogP contribution in [0.5, 0.6) is 0 Å². The Morgan fingerprint density at radius 2 is 0.600 bits per heavy atom. The molecule has 0 aliphatic heterocycles. The second kappa shape index (κ2) is 14.7. The van der Waals surface area contributed by atoms with E-state index in [1.54, 1.807) is 0 Å². The lowest BCUT2D eigenvalue weighted by Crippen LogP contribution is -2.19. The Kier molecular flexibility index (Phi) is 9.99. The number of hydrogen-bond donors (Lipinski definition) is 3. The van der Waals surface area contributed by atoms with Crippen LogP contribution in [0.3, 0.4) is 0 Å². The largest absolute Gasteiger partial charge is 0.333 e. The van der Waals surface area contributed by atoms with Gasteiger partial charge in [0, 0.05) is 11.1 Å². The third-order valence-electron chi connectivity index (χ3n) is 9.32. The first-order valence-electron chi connectivity index (χ1n) is 17.0. The van der Waals surface area contributed by atoms with Crippen molar-refractivity contribution in [1.29, 1.82) is 10.8 Å². The maximum atomic E-state index is 9.48. The Labute approximate surface area is 296 Å². The quantitative estimate of drug-likeness (QED) is 0.154. The van der Waals surface area contributed by atoms with Crippen LogP contribution in [0.25, 0.3) is 55.7 Å². The van der Waals surface area contributed by atoms with E-state index in [4.69, 9.17) is 0 Å². The predicted octanol–water partition coefficient (Wildman–Crippen LogP) is 11.7. The van der Waals surface area contributed by atoms with E-state index in [-0.39, 0.29) is 11.4 Å². The topological polar surface area (TPSA) is 73.7 Å². The van der Waals surface area contributed by atoms with Crippen LogP contribution in [0.15, 0.2) is 146 Å². The van der Waals surface area contributed by atoms with Crippen LogP contribution in [-0.2, 0) is 0 Å². The van der Waals surface area contributed by atoms with Gasteiger partial charge in [-0.2, -0.15) is 0 Å². The number of aryl methyl sites for hydroxylation is 4. The molecule has 6 aromatic carbocycles. The summed E-state index contributed by atoms with van der Waals surface area (Å²) in [6.45, 7) is 8.40. The zero-order valence-electron chi connectivity index (χ0n) is 29.4. The highest BCUT2D eigenvalue weighted by Gasteiger charge is 2.27. The highest BCUT2D eigenvalue weighted by molar-refractivity contribution is 6.68. The van der Waals surface area contributed by atoms with E-state index >= 15 is 0 Å². The van der Waals surface area contributed by atoms with Gasteiger partial charge >= 0.3 is 0 Å². The average molecular weight is 650 g/mol. The highest BCUT2D eigenvalue weighted by atomic mass is 14.6. The maximum absolute atomic E-state index is 9.48. The average Bonchev–Trinajstić information content (AvgIpc) is 3.14. The summed E-state index contributed by atoms with van der Waals surface area (Å²) in [5, 5.41) is 19.0. The van der Waals surface area contributed by atoms with Crippen molar-refractivity contribution in [2.45, 2.75) is 27.7 Å². The van der Waals surface area contributed by atoms with E-state index in [0.717, 1.165) is 66.8 Å². The lowest BCUT2D eigenvalue weighted by atomic mass is 9.79. The summed E-state index contributed by atoms with van der Waals surface area (Å²) in [7, 11) is 1.50. The lowest BCUT2D eigenvalue weighted by molar-refractivity contribution is 1.44. The molecule has 7 rings (SSSR count). The number of allylic oxidation sites excluding steroid dienone is 4. The summed E-state index contributed by atoms with van der Waals surface area (Å²) in [6.07, 6.45) is 4.08. The van der Waals surface area contributed by atoms with Gasteiger partial charge in [-0.25, -0.2) is 0 Å². The minimum atomic E-state index is 0.220. The summed E-state index contributed by atoms with van der Waals surface area (Å²) in [6, 6.07) is 47.1. The minimum absolute atomic E-state index is 0.220. The lowest BCUT2D eigenvalue weighted by Gasteiger charge is -2.24. The van der Waals surface area contributed by atoms with Gasteiger partial charge in [-0.15, -0.1) is 0 Å². The van der Waals surface area contributed by atoms with Crippen molar-refractivity contribution >= 4 is 22.6 Å². The van der Waals surface area contributed by atoms with E-state index in [1.807, 2.05) is 12.2 Å². The molecule has 4 N–H and O–H groups in total. The summed E-state index contributed by atoms with van der Waals surface area (Å²) < 4.78 is 0. The number of nitrogens with one attached hydrogen (secondary N) is 2. The van der Waals surface area contributed by atoms with Crippen LogP contribution in [-0.4, -0.2) is 18.5 Å². The van der Waals surface area contributed by atoms with Crippen molar-refractivity contribution in [2.75, 3.05) is 7.05 Å². The molecule has 3 heteroatoms. The fourth-order valence-electron chi connectivity index (χ4n) is 6.61. The Morgan fingerprint density at radius 1 is 0.340 bits per heavy atom. The Bertz CT molecular complexity index is 2080. The molecule has 0 amide bonds. The molecule has 0 saturated carbocycles. The van der Waals surface area contributed by atoms with Crippen LogP contribution >= 0.6 is 0 Å². The third kappa shape index (κ3) is 6.69. The van der Waals surface area contributed by atoms with Gasteiger partial charge in [-0.1, -0.05) is 168 Å². The summed E-state index contributed by atoms with van der Waals surface area (Å²) in [5.74, 6) is 0. The van der Waals surface area contributed by atoms with Gasteiger partial charge in [-0.05, 0) is 90.4 Å². The molecule has 0 fully saturated rings. The maximum Gasteiger partial charge on any atom is 0.0874 e. The molecule has 0 spiro atoms. The van der Waals surface area contributed by atoms with Crippen molar-refractivity contribution < 1.29 is 0 Å². The number of rotatable bonds is 6. The smallest absolute Gasteiger partial charge is 0.0874 e. The predicted molar refractivity (Wildman–Crippen MR) is 215 cm³/mol. The first-order valence-corrected chi connectivity index (χ1v) is 17.0. The number of hydrogen-bond acceptors (Lipinski definition) is 3. The van der Waals surface area contributed by atoms with Crippen molar-refractivity contribution in [3.8, 4) is 44.5 Å². The molecule has 246 valence electrons. The standard InChI is InChI=1S/C46H38N2.CH5N/c1-29-11-19-33(20-12-29)37-7-5-9-39(43(37)35-23-15-31(3)16-24-35)41-27-28-42(46(48)45(41)47)40-10-6-8-38(34-21-13-30(2)14-22-34)44(40)36-25-17-32(4)18-26-36;1-2/h5-28,47-48H,1-4H3;2H2,1H3. The molecule has 1 aliphatic rings. The van der Waals surface area contributed by atoms with E-state index < -0.39 is 0 Å². The van der Waals surface area contributed by atoms with Gasteiger partial charge < -0.3 is 5.73 Å². The van der Waals surface area contributed by atoms with Crippen molar-refractivity contribution in [3.63, 3.8) is 0 Å². The number of nitrogens with two attached hydrogens (primary N) is 1. The SMILES string of the molecule is CN.Cc1ccc(-c2cccc(C3=CC=C(c4cccc(-c5ccc(C)cc5)c4-c4ccc(C)cc4)C(=N)C3=N)c2-c2ccc(C)cc2)cc1. The zero-order valence-corrected chi connectivity index (χ0v) is 29.4. The zero-order chi connectivity index (χ0) is 35.4. The molecule has 0 unspecified atom stereocenters. The molecule has 3 nitrogen and oxygen atoms in total. The molecule has 0 radical (unpaired) electrons. The summed E-state index contributed by atoms with van der Waals surface area (Å²) in [5.41, 5.74) is 22.0. The van der Waals surface area contributed by atoms with Gasteiger partial charge in [0.15, 0.2) is 0 Å². The molecule has 0 saturated heterocycles. The van der Waals surface area contributed by atoms with Crippen LogP contribution in [0.1, 0.15) is 33.4 Å². The van der Waals surface area contributed by atoms with Crippen LogP contribution in [0.4, 0.5) is 0 Å². The van der Waals surface area contributed by atoms with E-state index in [1.165, 1.54) is 29.3 Å².